The predicted octanol–water partition coefficient (Wildman–Crippen LogP) is 6.35. The number of rotatable bonds is 7. The predicted molar refractivity (Wildman–Crippen MR) is 150 cm³/mol. The number of aliphatic hydroxyl groups excluding tert-OH is 3. The second-order valence-electron chi connectivity index (χ2n) is 13.4. The molecule has 6 atom stereocenters. The van der Waals surface area contributed by atoms with Crippen LogP contribution >= 0.6 is 0 Å². The molecule has 38 heavy (non-hydrogen) atoms. The highest BCUT2D eigenvalue weighted by atomic mass is 16.3. The second kappa shape index (κ2) is 10.2. The van der Waals surface area contributed by atoms with Crippen LogP contribution in [0.5, 0.6) is 0 Å². The maximum atomic E-state index is 11.2. The van der Waals surface area contributed by atoms with Gasteiger partial charge in [0.2, 0.25) is 5.89 Å². The van der Waals surface area contributed by atoms with E-state index in [0.29, 0.717) is 30.6 Å². The average Bonchev–Trinajstić information content (AvgIpc) is 3.38. The minimum Gasteiger partial charge on any atom is -0.448 e. The maximum Gasteiger partial charge on any atom is 0.203 e. The lowest BCUT2D eigenvalue weighted by Crippen LogP contribution is -2.39. The highest BCUT2D eigenvalue weighted by Crippen LogP contribution is 2.62. The van der Waals surface area contributed by atoms with Crippen LogP contribution in [0, 0.1) is 22.7 Å². The van der Waals surface area contributed by atoms with Gasteiger partial charge < -0.3 is 19.7 Å². The van der Waals surface area contributed by atoms with Crippen molar-refractivity contribution in [2.45, 2.75) is 116 Å². The fraction of sp³-hybridized carbons (Fsp3) is 0.667. The van der Waals surface area contributed by atoms with Crippen LogP contribution in [0.25, 0.3) is 0 Å². The lowest BCUT2D eigenvalue weighted by atomic mass is 9.57. The molecular formula is C33H47NO4. The summed E-state index contributed by atoms with van der Waals surface area (Å²) in [5.41, 5.74) is 3.99. The Labute approximate surface area is 228 Å². The summed E-state index contributed by atoms with van der Waals surface area (Å²) in [6.45, 7) is 13.3. The number of hydrogen-bond acceptors (Lipinski definition) is 5. The first-order valence-corrected chi connectivity index (χ1v) is 14.8. The van der Waals surface area contributed by atoms with Crippen LogP contribution in [0.15, 0.2) is 58.3 Å². The van der Waals surface area contributed by atoms with E-state index in [1.807, 2.05) is 6.08 Å². The van der Waals surface area contributed by atoms with E-state index in [1.165, 1.54) is 31.3 Å². The zero-order chi connectivity index (χ0) is 27.3. The molecule has 0 bridgehead atoms. The largest absolute Gasteiger partial charge is 0.448 e. The number of fused-ring (bicyclic) bond motifs is 1. The van der Waals surface area contributed by atoms with Crippen molar-refractivity contribution in [3.8, 4) is 0 Å². The minimum atomic E-state index is -0.647. The van der Waals surface area contributed by atoms with E-state index in [1.54, 1.807) is 6.26 Å². The molecule has 0 radical (unpaired) electrons. The third-order valence-electron chi connectivity index (χ3n) is 10.5. The summed E-state index contributed by atoms with van der Waals surface area (Å²) in [5.74, 6) is 1.75. The lowest BCUT2D eigenvalue weighted by Gasteiger charge is -2.47. The monoisotopic (exact) mass is 521 g/mol. The molecule has 5 heteroatoms. The van der Waals surface area contributed by atoms with Crippen molar-refractivity contribution in [2.24, 2.45) is 22.7 Å². The van der Waals surface area contributed by atoms with Crippen LogP contribution < -0.4 is 0 Å². The zero-order valence-corrected chi connectivity index (χ0v) is 23.7. The molecule has 0 amide bonds. The molecular weight excluding hydrogens is 474 g/mol. The molecule has 4 fully saturated rings. The quantitative estimate of drug-likeness (QED) is 0.364. The molecule has 4 saturated carbocycles. The Bertz CT molecular complexity index is 1140. The Hall–Kier alpha value is -1.95. The summed E-state index contributed by atoms with van der Waals surface area (Å²) >= 11 is 0. The number of hydrogen-bond donors (Lipinski definition) is 3. The Morgan fingerprint density at radius 3 is 2.66 bits per heavy atom. The van der Waals surface area contributed by atoms with Gasteiger partial charge in [0.1, 0.15) is 6.26 Å². The number of allylic oxidation sites excluding steroid dienone is 4. The smallest absolute Gasteiger partial charge is 0.203 e. The van der Waals surface area contributed by atoms with Gasteiger partial charge in [0.15, 0.2) is 0 Å². The highest BCUT2D eigenvalue weighted by molar-refractivity contribution is 5.39. The van der Waals surface area contributed by atoms with Gasteiger partial charge in [0.25, 0.3) is 0 Å². The molecule has 0 unspecified atom stereocenters. The third kappa shape index (κ3) is 4.91. The van der Waals surface area contributed by atoms with Crippen LogP contribution in [-0.2, 0) is 11.8 Å². The summed E-state index contributed by atoms with van der Waals surface area (Å²) in [7, 11) is 0. The summed E-state index contributed by atoms with van der Waals surface area (Å²) in [5, 5.41) is 31.6. The SMILES string of the molecule is C=C1C(=CC=C2CCC[C@]3(C)[C@@H](C(C)(C)C=C[C@@H](O)C4(c5nc(CC)co5)CC4)CC[C@@H]23)C[C@@H](O)C[C@@H]1O. The van der Waals surface area contributed by atoms with E-state index < -0.39 is 18.3 Å². The minimum absolute atomic E-state index is 0.0431. The van der Waals surface area contributed by atoms with Gasteiger partial charge in [-0.2, -0.15) is 0 Å². The van der Waals surface area contributed by atoms with Gasteiger partial charge in [0.05, 0.1) is 29.4 Å². The molecule has 5 nitrogen and oxygen atoms in total. The number of nitrogens with zero attached hydrogens (tertiary/aromatic N) is 1. The maximum absolute atomic E-state index is 11.2. The van der Waals surface area contributed by atoms with Gasteiger partial charge in [-0.3, -0.25) is 0 Å². The van der Waals surface area contributed by atoms with Crippen LogP contribution in [0.2, 0.25) is 0 Å². The molecule has 3 N–H and O–H groups in total. The molecule has 5 rings (SSSR count). The molecule has 0 aromatic carbocycles. The standard InChI is InChI=1S/C33H47NO4/c1-6-24-20-38-30(34-24)33(16-17-33)29(37)13-15-31(3,4)28-12-11-26-22(8-7-14-32(26,28)5)9-10-23-18-25(35)19-27(36)21(23)2/h9-10,13,15,20,25-29,35-37H,2,6-8,11-12,14,16-19H2,1,3-5H3/t25-,26+,27+,28-,29-,32+/m1/s1. The lowest BCUT2D eigenvalue weighted by molar-refractivity contribution is 0.0705. The summed E-state index contributed by atoms with van der Waals surface area (Å²) in [4.78, 5) is 4.64. The number of aromatic nitrogens is 1. The molecule has 1 aromatic rings. The third-order valence-corrected chi connectivity index (χ3v) is 10.5. The zero-order valence-electron chi connectivity index (χ0n) is 23.7. The number of aliphatic hydroxyl groups is 3. The van der Waals surface area contributed by atoms with Crippen molar-refractivity contribution in [2.75, 3.05) is 0 Å². The first-order chi connectivity index (χ1) is 18.0. The van der Waals surface area contributed by atoms with Crippen molar-refractivity contribution < 1.29 is 19.7 Å². The molecule has 1 aromatic heterocycles. The van der Waals surface area contributed by atoms with Gasteiger partial charge in [-0.15, -0.1) is 0 Å². The second-order valence-corrected chi connectivity index (χ2v) is 13.4. The van der Waals surface area contributed by atoms with E-state index in [0.717, 1.165) is 42.5 Å². The normalized spacial score (nSPS) is 36.2. The topological polar surface area (TPSA) is 86.7 Å². The van der Waals surface area contributed by atoms with Crippen LogP contribution in [0.1, 0.15) is 97.1 Å². The van der Waals surface area contributed by atoms with Gasteiger partial charge >= 0.3 is 0 Å². The molecule has 4 aliphatic rings. The first-order valence-electron chi connectivity index (χ1n) is 14.8. The van der Waals surface area contributed by atoms with Crippen molar-refractivity contribution in [1.82, 2.24) is 4.98 Å². The van der Waals surface area contributed by atoms with E-state index in [2.05, 4.69) is 57.5 Å². The average molecular weight is 522 g/mol. The number of oxazole rings is 1. The molecule has 0 spiro atoms. The summed E-state index contributed by atoms with van der Waals surface area (Å²) in [6, 6.07) is 0. The highest BCUT2D eigenvalue weighted by Gasteiger charge is 2.55. The van der Waals surface area contributed by atoms with Crippen LogP contribution in [0.3, 0.4) is 0 Å². The van der Waals surface area contributed by atoms with Crippen molar-refractivity contribution >= 4 is 0 Å². The molecule has 208 valence electrons. The van der Waals surface area contributed by atoms with Crippen molar-refractivity contribution in [3.63, 3.8) is 0 Å². The van der Waals surface area contributed by atoms with E-state index in [4.69, 9.17) is 4.42 Å². The van der Waals surface area contributed by atoms with E-state index in [-0.39, 0.29) is 16.2 Å². The Balaban J connectivity index is 1.32. The molecule has 4 aliphatic carbocycles. The van der Waals surface area contributed by atoms with E-state index >= 15 is 0 Å². The fourth-order valence-corrected chi connectivity index (χ4v) is 8.04. The van der Waals surface area contributed by atoms with Crippen molar-refractivity contribution in [3.05, 3.63) is 65.5 Å². The van der Waals surface area contributed by atoms with Gasteiger partial charge in [-0.25, -0.2) is 4.98 Å². The summed E-state index contributed by atoms with van der Waals surface area (Å²) < 4.78 is 5.77. The first kappa shape index (κ1) is 27.6. The fourth-order valence-electron chi connectivity index (χ4n) is 8.04. The van der Waals surface area contributed by atoms with Gasteiger partial charge in [-0.1, -0.05) is 64.2 Å². The number of aryl methyl sites for hydroxylation is 1. The summed E-state index contributed by atoms with van der Waals surface area (Å²) in [6.07, 6.45) is 18.2. The van der Waals surface area contributed by atoms with Gasteiger partial charge in [0, 0.05) is 6.42 Å². The van der Waals surface area contributed by atoms with Crippen LogP contribution in [0.4, 0.5) is 0 Å². The van der Waals surface area contributed by atoms with E-state index in [9.17, 15) is 15.3 Å². The Kier molecular flexibility index (Phi) is 7.43. The Morgan fingerprint density at radius 2 is 1.97 bits per heavy atom. The molecule has 0 aliphatic heterocycles. The Morgan fingerprint density at radius 1 is 1.21 bits per heavy atom. The van der Waals surface area contributed by atoms with Gasteiger partial charge in [-0.05, 0) is 91.6 Å². The van der Waals surface area contributed by atoms with Crippen LogP contribution in [-0.4, -0.2) is 38.6 Å². The molecule has 1 heterocycles. The van der Waals surface area contributed by atoms with Crippen molar-refractivity contribution in [1.29, 1.82) is 0 Å². The molecule has 0 saturated heterocycles.